The number of halogens is 3. The topological polar surface area (TPSA) is 81.5 Å². The number of nitrogens with two attached hydrogens (primary N) is 1. The average Bonchev–Trinajstić information content (AvgIpc) is 3.36. The first kappa shape index (κ1) is 20.3. The van der Waals surface area contributed by atoms with E-state index in [0.29, 0.717) is 25.3 Å². The van der Waals surface area contributed by atoms with Gasteiger partial charge in [-0.1, -0.05) is 12.1 Å². The number of likely N-dealkylation sites (N-methyl/N-ethyl adjacent to an activating group) is 1. The van der Waals surface area contributed by atoms with Gasteiger partial charge in [-0.2, -0.15) is 18.3 Å². The zero-order valence-electron chi connectivity index (χ0n) is 17.2. The van der Waals surface area contributed by atoms with E-state index in [1.54, 1.807) is 15.9 Å². The van der Waals surface area contributed by atoms with Crippen LogP contribution in [0.1, 0.15) is 27.3 Å². The van der Waals surface area contributed by atoms with Crippen LogP contribution in [-0.2, 0) is 19.1 Å². The number of H-pyrrole nitrogens is 1. The molecule has 0 spiro atoms. The van der Waals surface area contributed by atoms with E-state index in [-0.39, 0.29) is 24.1 Å². The standard InChI is InChI=1S/C21H25F3N6O/c1-28-7-6-14-16(10-28)26-27-18(14)19(31)30-9-13-8-29(11-20(13,25)12-30)17-5-3-2-4-15(17)21(22,23)24/h2-5,13H,6-12,25H2,1H3,(H,26,27). The summed E-state index contributed by atoms with van der Waals surface area (Å²) < 4.78 is 40.4. The molecular weight excluding hydrogens is 409 g/mol. The van der Waals surface area contributed by atoms with Crippen molar-refractivity contribution in [2.75, 3.05) is 44.7 Å². The number of rotatable bonds is 2. The summed E-state index contributed by atoms with van der Waals surface area (Å²) in [5, 5.41) is 7.26. The molecule has 3 aliphatic heterocycles. The first-order chi connectivity index (χ1) is 14.7. The van der Waals surface area contributed by atoms with Crippen molar-refractivity contribution in [3.8, 4) is 0 Å². The lowest BCUT2D eigenvalue weighted by Crippen LogP contribution is -2.49. The summed E-state index contributed by atoms with van der Waals surface area (Å²) in [7, 11) is 2.02. The van der Waals surface area contributed by atoms with Crippen LogP contribution in [0.2, 0.25) is 0 Å². The normalized spacial score (nSPS) is 26.3. The third kappa shape index (κ3) is 3.38. The first-order valence-electron chi connectivity index (χ1n) is 10.4. The molecule has 3 N–H and O–H groups in total. The number of hydrogen-bond donors (Lipinski definition) is 2. The monoisotopic (exact) mass is 434 g/mol. The Kier molecular flexibility index (Phi) is 4.56. The second-order valence-corrected chi connectivity index (χ2v) is 9.03. The molecular formula is C21H25F3N6O. The highest BCUT2D eigenvalue weighted by molar-refractivity contribution is 5.94. The summed E-state index contributed by atoms with van der Waals surface area (Å²) in [4.78, 5) is 18.8. The summed E-state index contributed by atoms with van der Waals surface area (Å²) >= 11 is 0. The second kappa shape index (κ2) is 6.96. The third-order valence-corrected chi connectivity index (χ3v) is 6.83. The fourth-order valence-electron chi connectivity index (χ4n) is 5.21. The summed E-state index contributed by atoms with van der Waals surface area (Å²) in [6.07, 6.45) is -3.67. The predicted octanol–water partition coefficient (Wildman–Crippen LogP) is 1.71. The number of fused-ring (bicyclic) bond motifs is 2. The smallest absolute Gasteiger partial charge is 0.369 e. The SMILES string of the molecule is CN1CCc2c(C(=O)N3CC4CN(c5ccccc5C(F)(F)F)CC4(N)C3)n[nH]c2C1. The molecule has 0 aliphatic carbocycles. The van der Waals surface area contributed by atoms with Crippen molar-refractivity contribution >= 4 is 11.6 Å². The summed E-state index contributed by atoms with van der Waals surface area (Å²) in [5.41, 5.74) is 7.77. The number of nitrogens with zero attached hydrogens (tertiary/aromatic N) is 4. The van der Waals surface area contributed by atoms with Gasteiger partial charge in [0.15, 0.2) is 5.69 Å². The molecule has 2 fully saturated rings. The number of aromatic nitrogens is 2. The number of carbonyl (C=O) groups is 1. The highest BCUT2D eigenvalue weighted by atomic mass is 19.4. The Morgan fingerprint density at radius 3 is 2.77 bits per heavy atom. The molecule has 0 bridgehead atoms. The van der Waals surface area contributed by atoms with Crippen LogP contribution in [0, 0.1) is 5.92 Å². The number of para-hydroxylation sites is 1. The van der Waals surface area contributed by atoms with Crippen LogP contribution in [0.5, 0.6) is 0 Å². The van der Waals surface area contributed by atoms with Crippen LogP contribution in [0.4, 0.5) is 18.9 Å². The van der Waals surface area contributed by atoms with Gasteiger partial charge < -0.3 is 20.4 Å². The number of alkyl halides is 3. The number of anilines is 1. The van der Waals surface area contributed by atoms with Gasteiger partial charge in [0.25, 0.3) is 5.91 Å². The van der Waals surface area contributed by atoms with Gasteiger partial charge in [0.1, 0.15) is 0 Å². The van der Waals surface area contributed by atoms with Crippen LogP contribution in [0.25, 0.3) is 0 Å². The van der Waals surface area contributed by atoms with E-state index < -0.39 is 17.3 Å². The van der Waals surface area contributed by atoms with Crippen LogP contribution in [-0.4, -0.2) is 71.2 Å². The van der Waals surface area contributed by atoms with E-state index in [9.17, 15) is 18.0 Å². The maximum atomic E-state index is 13.5. The minimum absolute atomic E-state index is 0.0985. The average molecular weight is 434 g/mol. The molecule has 0 saturated carbocycles. The highest BCUT2D eigenvalue weighted by Gasteiger charge is 2.52. The van der Waals surface area contributed by atoms with Crippen molar-refractivity contribution in [2.24, 2.45) is 11.7 Å². The lowest BCUT2D eigenvalue weighted by atomic mass is 9.92. The lowest BCUT2D eigenvalue weighted by molar-refractivity contribution is -0.137. The summed E-state index contributed by atoms with van der Waals surface area (Å²) in [6.45, 7) is 2.98. The molecule has 166 valence electrons. The fourth-order valence-corrected chi connectivity index (χ4v) is 5.21. The quantitative estimate of drug-likeness (QED) is 0.752. The minimum atomic E-state index is -4.43. The van der Waals surface area contributed by atoms with Gasteiger partial charge in [-0.05, 0) is 25.6 Å². The molecule has 2 saturated heterocycles. The van der Waals surface area contributed by atoms with Crippen molar-refractivity contribution in [1.29, 1.82) is 0 Å². The highest BCUT2D eigenvalue weighted by Crippen LogP contribution is 2.41. The zero-order valence-corrected chi connectivity index (χ0v) is 17.2. The fraction of sp³-hybridized carbons (Fsp3) is 0.524. The molecule has 2 aromatic rings. The molecule has 1 aromatic carbocycles. The van der Waals surface area contributed by atoms with Gasteiger partial charge in [0.2, 0.25) is 0 Å². The summed E-state index contributed by atoms with van der Waals surface area (Å²) in [6, 6.07) is 5.59. The maximum Gasteiger partial charge on any atom is 0.418 e. The van der Waals surface area contributed by atoms with E-state index in [2.05, 4.69) is 15.1 Å². The van der Waals surface area contributed by atoms with Crippen molar-refractivity contribution in [3.05, 3.63) is 46.8 Å². The lowest BCUT2D eigenvalue weighted by Gasteiger charge is -2.28. The van der Waals surface area contributed by atoms with Gasteiger partial charge >= 0.3 is 6.18 Å². The Hall–Kier alpha value is -2.59. The number of carbonyl (C=O) groups excluding carboxylic acids is 1. The van der Waals surface area contributed by atoms with Crippen molar-refractivity contribution in [1.82, 2.24) is 20.0 Å². The third-order valence-electron chi connectivity index (χ3n) is 6.83. The van der Waals surface area contributed by atoms with Crippen molar-refractivity contribution in [3.63, 3.8) is 0 Å². The van der Waals surface area contributed by atoms with Crippen LogP contribution in [0.3, 0.4) is 0 Å². The largest absolute Gasteiger partial charge is 0.418 e. The number of hydrogen-bond acceptors (Lipinski definition) is 5. The molecule has 7 nitrogen and oxygen atoms in total. The number of nitrogens with one attached hydrogen (secondary N) is 1. The number of likely N-dealkylation sites (tertiary alicyclic amines) is 1. The van der Waals surface area contributed by atoms with Crippen LogP contribution >= 0.6 is 0 Å². The summed E-state index contributed by atoms with van der Waals surface area (Å²) in [5.74, 6) is -0.248. The van der Waals surface area contributed by atoms with E-state index in [0.717, 1.165) is 36.8 Å². The zero-order chi connectivity index (χ0) is 22.0. The Morgan fingerprint density at radius 1 is 1.26 bits per heavy atom. The Balaban J connectivity index is 1.33. The minimum Gasteiger partial charge on any atom is -0.369 e. The maximum absolute atomic E-state index is 13.5. The van der Waals surface area contributed by atoms with Gasteiger partial charge in [0, 0.05) is 56.4 Å². The van der Waals surface area contributed by atoms with E-state index >= 15 is 0 Å². The molecule has 2 unspecified atom stereocenters. The van der Waals surface area contributed by atoms with Gasteiger partial charge in [-0.25, -0.2) is 0 Å². The second-order valence-electron chi connectivity index (χ2n) is 9.03. The Morgan fingerprint density at radius 2 is 2.03 bits per heavy atom. The molecule has 1 aromatic heterocycles. The molecule has 10 heteroatoms. The first-order valence-corrected chi connectivity index (χ1v) is 10.4. The molecule has 4 heterocycles. The molecule has 1 amide bonds. The van der Waals surface area contributed by atoms with Crippen LogP contribution < -0.4 is 10.6 Å². The molecule has 3 aliphatic rings. The molecule has 0 radical (unpaired) electrons. The molecule has 2 atom stereocenters. The van der Waals surface area contributed by atoms with Crippen molar-refractivity contribution < 1.29 is 18.0 Å². The van der Waals surface area contributed by atoms with Gasteiger partial charge in [0.05, 0.1) is 16.8 Å². The van der Waals surface area contributed by atoms with Gasteiger partial charge in [-0.3, -0.25) is 9.89 Å². The molecule has 31 heavy (non-hydrogen) atoms. The number of aromatic amines is 1. The molecule has 5 rings (SSSR count). The van der Waals surface area contributed by atoms with E-state index in [1.165, 1.54) is 12.1 Å². The number of amides is 1. The van der Waals surface area contributed by atoms with Crippen molar-refractivity contribution in [2.45, 2.75) is 24.7 Å². The van der Waals surface area contributed by atoms with E-state index in [1.807, 2.05) is 7.05 Å². The Bertz CT molecular complexity index is 1020. The Labute approximate surface area is 178 Å². The van der Waals surface area contributed by atoms with Crippen LogP contribution in [0.15, 0.2) is 24.3 Å². The number of benzene rings is 1. The predicted molar refractivity (Wildman–Crippen MR) is 109 cm³/mol. The van der Waals surface area contributed by atoms with Gasteiger partial charge in [-0.15, -0.1) is 0 Å². The van der Waals surface area contributed by atoms with E-state index in [4.69, 9.17) is 5.73 Å².